The molecule has 0 aliphatic carbocycles. The average Bonchev–Trinajstić information content (AvgIpc) is 2.33. The van der Waals surface area contributed by atoms with Gasteiger partial charge in [-0.15, -0.1) is 0 Å². The standard InChI is InChI=1S/6CN.3Fe/c6*1-2;;;/q6*-1;3*+2. The van der Waals surface area contributed by atoms with Crippen LogP contribution in [0.15, 0.2) is 0 Å². The van der Waals surface area contributed by atoms with Crippen LogP contribution in [0.2, 0.25) is 0 Å². The minimum absolute atomic E-state index is 0. The minimum Gasteiger partial charge on any atom is -0.512 e. The predicted octanol–water partition coefficient (Wildman–Crippen LogP) is 0.571. The Balaban J connectivity index is -0.00000000396. The second-order valence-corrected chi connectivity index (χ2v) is 0. The Labute approximate surface area is 122 Å². The van der Waals surface area contributed by atoms with E-state index in [1.165, 1.54) is 0 Å². The summed E-state index contributed by atoms with van der Waals surface area (Å²) in [4.78, 5) is 0. The van der Waals surface area contributed by atoms with E-state index in [0.29, 0.717) is 0 Å². The minimum atomic E-state index is 0. The van der Waals surface area contributed by atoms with Gasteiger partial charge in [-0.25, -0.2) is 0 Å². The summed E-state index contributed by atoms with van der Waals surface area (Å²) in [6.07, 6.45) is 0. The summed E-state index contributed by atoms with van der Waals surface area (Å²) in [5.74, 6) is 0. The molecule has 0 N–H and O–H groups in total. The van der Waals surface area contributed by atoms with Crippen LogP contribution in [0.5, 0.6) is 0 Å². The van der Waals surface area contributed by atoms with Crippen molar-refractivity contribution in [1.29, 1.82) is 31.6 Å². The molecule has 0 atom stereocenters. The van der Waals surface area contributed by atoms with E-state index in [9.17, 15) is 0 Å². The van der Waals surface area contributed by atoms with E-state index >= 15 is 0 Å². The fourth-order valence-electron chi connectivity index (χ4n) is 0. The van der Waals surface area contributed by atoms with E-state index in [2.05, 4.69) is 0 Å². The quantitative estimate of drug-likeness (QED) is 0.471. The number of nitrogens with zero attached hydrogens (tertiary/aromatic N) is 6. The molecule has 9 heteroatoms. The van der Waals surface area contributed by atoms with Crippen LogP contribution in [-0.4, -0.2) is 0 Å². The molecule has 0 radical (unpaired) electrons. The van der Waals surface area contributed by atoms with Gasteiger partial charge in [0.05, 0.1) is 0 Å². The second kappa shape index (κ2) is 733. The van der Waals surface area contributed by atoms with Gasteiger partial charge in [0.1, 0.15) is 0 Å². The van der Waals surface area contributed by atoms with Gasteiger partial charge in [-0.1, -0.05) is 0 Å². The Morgan fingerprint density at radius 1 is 0.267 bits per heavy atom. The maximum Gasteiger partial charge on any atom is 2.00 e. The fourth-order valence-corrected chi connectivity index (χ4v) is 0. The van der Waals surface area contributed by atoms with Crippen molar-refractivity contribution < 1.29 is 51.2 Å². The Bertz CT molecular complexity index is 97.9. The van der Waals surface area contributed by atoms with Crippen LogP contribution >= 0.6 is 0 Å². The number of hydrogen-bond donors (Lipinski definition) is 0. The molecule has 78 valence electrons. The fraction of sp³-hybridized carbons (Fsp3) is 0. The molecule has 6 nitrogen and oxygen atoms in total. The largest absolute Gasteiger partial charge is 2.00 e. The van der Waals surface area contributed by atoms with Crippen molar-refractivity contribution in [1.82, 2.24) is 0 Å². The van der Waals surface area contributed by atoms with Crippen molar-refractivity contribution in [3.05, 3.63) is 39.4 Å². The summed E-state index contributed by atoms with van der Waals surface area (Å²) in [5.41, 5.74) is 0. The molecular formula is C6Fe3N6. The molecule has 15 heavy (non-hydrogen) atoms. The van der Waals surface area contributed by atoms with Crippen molar-refractivity contribution >= 4 is 0 Å². The summed E-state index contributed by atoms with van der Waals surface area (Å²) < 4.78 is 0. The summed E-state index contributed by atoms with van der Waals surface area (Å²) in [7, 11) is 0. The first-order valence-corrected chi connectivity index (χ1v) is 1.34. The smallest absolute Gasteiger partial charge is 0.512 e. The predicted molar refractivity (Wildman–Crippen MR) is 29.8 cm³/mol. The third kappa shape index (κ3) is 611. The molecule has 0 aliphatic heterocycles. The van der Waals surface area contributed by atoms with Crippen LogP contribution in [0.25, 0.3) is 0 Å². The third-order valence-corrected chi connectivity index (χ3v) is 0. The molecule has 0 heterocycles. The maximum absolute atomic E-state index is 6.25. The van der Waals surface area contributed by atoms with Gasteiger partial charge in [0.2, 0.25) is 0 Å². The van der Waals surface area contributed by atoms with Gasteiger partial charge in [-0.05, 0) is 0 Å². The van der Waals surface area contributed by atoms with E-state index in [1.807, 2.05) is 0 Å². The van der Waals surface area contributed by atoms with Gasteiger partial charge in [0, 0.05) is 0 Å². The van der Waals surface area contributed by atoms with Crippen molar-refractivity contribution in [2.75, 3.05) is 0 Å². The second-order valence-electron chi connectivity index (χ2n) is 0. The molecule has 0 amide bonds. The molecule has 0 aromatic rings. The van der Waals surface area contributed by atoms with Crippen molar-refractivity contribution in [2.24, 2.45) is 0 Å². The topological polar surface area (TPSA) is 143 Å². The zero-order valence-electron chi connectivity index (χ0n) is 6.74. The average molecular weight is 324 g/mol. The maximum atomic E-state index is 6.25. The van der Waals surface area contributed by atoms with E-state index in [-0.39, 0.29) is 51.2 Å². The molecule has 0 aromatic heterocycles. The summed E-state index contributed by atoms with van der Waals surface area (Å²) >= 11 is 0. The van der Waals surface area contributed by atoms with Crippen LogP contribution in [0.4, 0.5) is 0 Å². The van der Waals surface area contributed by atoms with Crippen molar-refractivity contribution in [2.45, 2.75) is 0 Å². The number of hydrogen-bond acceptors (Lipinski definition) is 6. The van der Waals surface area contributed by atoms with Crippen LogP contribution in [0.1, 0.15) is 0 Å². The SMILES string of the molecule is [C-]#N.[C-]#N.[C-]#N.[C-]#N.[C-]#N.[C-]#N.[Fe+2].[Fe+2].[Fe+2]. The van der Waals surface area contributed by atoms with Crippen LogP contribution in [-0.2, 0) is 51.2 Å². The van der Waals surface area contributed by atoms with Gasteiger partial charge in [0.25, 0.3) is 0 Å². The first kappa shape index (κ1) is 104. The summed E-state index contributed by atoms with van der Waals surface area (Å²) in [6.45, 7) is 28.5. The zero-order valence-corrected chi connectivity index (χ0v) is 10.1. The summed E-state index contributed by atoms with van der Waals surface area (Å²) in [6, 6.07) is 0. The molecule has 0 saturated carbocycles. The van der Waals surface area contributed by atoms with Crippen molar-refractivity contribution in [3.63, 3.8) is 0 Å². The molecule has 0 bridgehead atoms. The van der Waals surface area contributed by atoms with E-state index in [0.717, 1.165) is 0 Å². The summed E-state index contributed by atoms with van der Waals surface area (Å²) in [5, 5.41) is 37.5. The van der Waals surface area contributed by atoms with Gasteiger partial charge in [-0.2, -0.15) is 0 Å². The molecule has 0 aliphatic rings. The van der Waals surface area contributed by atoms with Gasteiger partial charge in [-0.3, -0.25) is 0 Å². The Hall–Kier alpha value is -1.50. The zero-order chi connectivity index (χ0) is 12.0. The van der Waals surface area contributed by atoms with Gasteiger partial charge in [0.15, 0.2) is 0 Å². The van der Waals surface area contributed by atoms with Gasteiger partial charge >= 0.3 is 51.2 Å². The molecule has 0 unspecified atom stereocenters. The Kier molecular flexibility index (Phi) is 5090. The Morgan fingerprint density at radius 2 is 0.267 bits per heavy atom. The van der Waals surface area contributed by atoms with Gasteiger partial charge < -0.3 is 71.0 Å². The molecular weight excluding hydrogens is 324 g/mol. The van der Waals surface area contributed by atoms with E-state index in [4.69, 9.17) is 71.0 Å². The molecule has 0 fully saturated rings. The third-order valence-electron chi connectivity index (χ3n) is 0. The van der Waals surface area contributed by atoms with E-state index < -0.39 is 0 Å². The monoisotopic (exact) mass is 324 g/mol. The van der Waals surface area contributed by atoms with E-state index in [1.54, 1.807) is 0 Å². The van der Waals surface area contributed by atoms with Crippen LogP contribution in [0, 0.1) is 71.0 Å². The number of rotatable bonds is 0. The normalized spacial score (nSPS) is 0.800. The molecule has 0 saturated heterocycles. The Morgan fingerprint density at radius 3 is 0.267 bits per heavy atom. The van der Waals surface area contributed by atoms with Crippen LogP contribution in [0.3, 0.4) is 0 Å². The first-order chi connectivity index (χ1) is 6.00. The molecule has 0 spiro atoms. The molecule has 0 rings (SSSR count). The molecule has 0 aromatic carbocycles. The van der Waals surface area contributed by atoms with Crippen LogP contribution < -0.4 is 0 Å². The van der Waals surface area contributed by atoms with Crippen molar-refractivity contribution in [3.8, 4) is 0 Å². The first-order valence-electron chi connectivity index (χ1n) is 1.34.